The van der Waals surface area contributed by atoms with Crippen LogP contribution in [-0.4, -0.2) is 25.7 Å². The van der Waals surface area contributed by atoms with Gasteiger partial charge in [0, 0.05) is 13.7 Å². The van der Waals surface area contributed by atoms with E-state index < -0.39 is 5.41 Å². The van der Waals surface area contributed by atoms with Crippen molar-refractivity contribution < 1.29 is 9.53 Å². The van der Waals surface area contributed by atoms with E-state index in [0.29, 0.717) is 19.4 Å². The molecule has 0 aromatic carbocycles. The molecule has 0 saturated heterocycles. The monoisotopic (exact) mass is 212 g/mol. The lowest BCUT2D eigenvalue weighted by Gasteiger charge is -2.23. The van der Waals surface area contributed by atoms with Crippen molar-refractivity contribution in [2.45, 2.75) is 39.7 Å². The van der Waals surface area contributed by atoms with Crippen LogP contribution in [-0.2, 0) is 9.53 Å². The van der Waals surface area contributed by atoms with Crippen molar-refractivity contribution in [3.63, 3.8) is 0 Å². The summed E-state index contributed by atoms with van der Waals surface area (Å²) < 4.78 is 5.02. The molecule has 0 aromatic rings. The molecule has 0 aliphatic carbocycles. The molecule has 0 aliphatic heterocycles. The number of nitrogens with one attached hydrogen (secondary N) is 1. The summed E-state index contributed by atoms with van der Waals surface area (Å²) in [5.74, 6) is -0.195. The van der Waals surface area contributed by atoms with E-state index in [4.69, 9.17) is 10.00 Å². The summed E-state index contributed by atoms with van der Waals surface area (Å²) in [6, 6.07) is 2.10. The molecule has 0 heterocycles. The Hall–Kier alpha value is -1.08. The number of carbonyl (C=O) groups is 1. The third-order valence-corrected chi connectivity index (χ3v) is 2.81. The van der Waals surface area contributed by atoms with E-state index in [9.17, 15) is 4.79 Å². The molecule has 4 heteroatoms. The molecule has 86 valence electrons. The second-order valence-corrected chi connectivity index (χ2v) is 3.66. The molecule has 0 fully saturated rings. The average molecular weight is 212 g/mol. The topological polar surface area (TPSA) is 62.1 Å². The smallest absolute Gasteiger partial charge is 0.240 e. The Balaban J connectivity index is 4.36. The zero-order chi connectivity index (χ0) is 11.9. The lowest BCUT2D eigenvalue weighted by atomic mass is 9.83. The lowest BCUT2D eigenvalue weighted by Crippen LogP contribution is -2.42. The van der Waals surface area contributed by atoms with Crippen molar-refractivity contribution in [3.8, 4) is 6.07 Å². The number of carbonyl (C=O) groups excluding carboxylic acids is 1. The number of nitriles is 1. The maximum Gasteiger partial charge on any atom is 0.240 e. The second kappa shape index (κ2) is 6.41. The van der Waals surface area contributed by atoms with Gasteiger partial charge in [-0.05, 0) is 19.8 Å². The van der Waals surface area contributed by atoms with Crippen molar-refractivity contribution in [1.29, 1.82) is 5.26 Å². The fourth-order valence-corrected chi connectivity index (χ4v) is 1.27. The van der Waals surface area contributed by atoms with Crippen molar-refractivity contribution in [2.24, 2.45) is 5.41 Å². The maximum atomic E-state index is 11.8. The van der Waals surface area contributed by atoms with Gasteiger partial charge < -0.3 is 10.1 Å². The Bertz CT molecular complexity index is 241. The fraction of sp³-hybridized carbons (Fsp3) is 0.818. The SMILES string of the molecule is CCC(C#N)(CC)C(=O)NCC(C)OC. The number of methoxy groups -OCH3 is 1. The Morgan fingerprint density at radius 3 is 2.40 bits per heavy atom. The highest BCUT2D eigenvalue weighted by Gasteiger charge is 2.34. The maximum absolute atomic E-state index is 11.8. The minimum absolute atomic E-state index is 0.0287. The Kier molecular flexibility index (Phi) is 5.95. The summed E-state index contributed by atoms with van der Waals surface area (Å²) >= 11 is 0. The van der Waals surface area contributed by atoms with Crippen LogP contribution < -0.4 is 5.32 Å². The summed E-state index contributed by atoms with van der Waals surface area (Å²) in [4.78, 5) is 11.8. The van der Waals surface area contributed by atoms with Gasteiger partial charge >= 0.3 is 0 Å². The highest BCUT2D eigenvalue weighted by molar-refractivity contribution is 5.85. The van der Waals surface area contributed by atoms with E-state index in [1.54, 1.807) is 7.11 Å². The van der Waals surface area contributed by atoms with Gasteiger partial charge in [-0.3, -0.25) is 4.79 Å². The number of hydrogen-bond acceptors (Lipinski definition) is 3. The van der Waals surface area contributed by atoms with E-state index in [-0.39, 0.29) is 12.0 Å². The first kappa shape index (κ1) is 13.9. The number of nitrogens with zero attached hydrogens (tertiary/aromatic N) is 1. The minimum Gasteiger partial charge on any atom is -0.380 e. The Labute approximate surface area is 91.6 Å². The molecule has 0 bridgehead atoms. The molecule has 0 saturated carbocycles. The predicted octanol–water partition coefficient (Wildman–Crippen LogP) is 1.47. The number of hydrogen-bond donors (Lipinski definition) is 1. The largest absolute Gasteiger partial charge is 0.380 e. The molecule has 15 heavy (non-hydrogen) atoms. The first-order valence-corrected chi connectivity index (χ1v) is 5.28. The summed E-state index contributed by atoms with van der Waals surface area (Å²) in [5.41, 5.74) is -0.881. The van der Waals surface area contributed by atoms with Crippen LogP contribution in [0.5, 0.6) is 0 Å². The standard InChI is InChI=1S/C11H20N2O2/c1-5-11(6-2,8-12)10(14)13-7-9(3)15-4/h9H,5-7H2,1-4H3,(H,13,14). The van der Waals surface area contributed by atoms with E-state index in [1.165, 1.54) is 0 Å². The van der Waals surface area contributed by atoms with Crippen molar-refractivity contribution >= 4 is 5.91 Å². The van der Waals surface area contributed by atoms with Crippen molar-refractivity contribution in [3.05, 3.63) is 0 Å². The molecule has 0 radical (unpaired) electrons. The van der Waals surface area contributed by atoms with E-state index >= 15 is 0 Å². The number of ether oxygens (including phenoxy) is 1. The highest BCUT2D eigenvalue weighted by Crippen LogP contribution is 2.25. The van der Waals surface area contributed by atoms with E-state index in [0.717, 1.165) is 0 Å². The second-order valence-electron chi connectivity index (χ2n) is 3.66. The van der Waals surface area contributed by atoms with E-state index in [2.05, 4.69) is 11.4 Å². The normalized spacial score (nSPS) is 13.0. The predicted molar refractivity (Wildman–Crippen MR) is 58.1 cm³/mol. The molecule has 1 N–H and O–H groups in total. The molecule has 0 aliphatic rings. The molecule has 0 rings (SSSR count). The van der Waals surface area contributed by atoms with Crippen LogP contribution >= 0.6 is 0 Å². The summed E-state index contributed by atoms with van der Waals surface area (Å²) in [7, 11) is 1.59. The van der Waals surface area contributed by atoms with Crippen LogP contribution in [0.25, 0.3) is 0 Å². The molecular weight excluding hydrogens is 192 g/mol. The van der Waals surface area contributed by atoms with Gasteiger partial charge in [-0.2, -0.15) is 5.26 Å². The van der Waals surface area contributed by atoms with Gasteiger partial charge in [0.2, 0.25) is 5.91 Å². The lowest BCUT2D eigenvalue weighted by molar-refractivity contribution is -0.129. The molecule has 1 atom stereocenters. The highest BCUT2D eigenvalue weighted by atomic mass is 16.5. The van der Waals surface area contributed by atoms with Crippen molar-refractivity contribution in [1.82, 2.24) is 5.32 Å². The first-order valence-electron chi connectivity index (χ1n) is 5.28. The fourth-order valence-electron chi connectivity index (χ4n) is 1.27. The number of rotatable bonds is 6. The van der Waals surface area contributed by atoms with Gasteiger partial charge in [-0.25, -0.2) is 0 Å². The van der Waals surface area contributed by atoms with Gasteiger partial charge in [0.25, 0.3) is 0 Å². The molecule has 1 amide bonds. The molecular formula is C11H20N2O2. The zero-order valence-electron chi connectivity index (χ0n) is 9.96. The van der Waals surface area contributed by atoms with Crippen LogP contribution in [0.3, 0.4) is 0 Å². The van der Waals surface area contributed by atoms with Gasteiger partial charge in [0.05, 0.1) is 12.2 Å². The molecule has 0 spiro atoms. The Morgan fingerprint density at radius 2 is 2.07 bits per heavy atom. The van der Waals surface area contributed by atoms with E-state index in [1.807, 2.05) is 20.8 Å². The molecule has 1 unspecified atom stereocenters. The van der Waals surface area contributed by atoms with Crippen LogP contribution in [0.1, 0.15) is 33.6 Å². The molecule has 4 nitrogen and oxygen atoms in total. The average Bonchev–Trinajstić information content (AvgIpc) is 2.28. The van der Waals surface area contributed by atoms with Gasteiger partial charge in [-0.15, -0.1) is 0 Å². The third-order valence-electron chi connectivity index (χ3n) is 2.81. The first-order chi connectivity index (χ1) is 7.06. The molecule has 0 aromatic heterocycles. The summed E-state index contributed by atoms with van der Waals surface area (Å²) in [6.07, 6.45) is 1.04. The quantitative estimate of drug-likeness (QED) is 0.725. The summed E-state index contributed by atoms with van der Waals surface area (Å²) in [6.45, 7) is 6.02. The summed E-state index contributed by atoms with van der Waals surface area (Å²) in [5, 5.41) is 11.8. The van der Waals surface area contributed by atoms with Crippen LogP contribution in [0.2, 0.25) is 0 Å². The third kappa shape index (κ3) is 3.52. The van der Waals surface area contributed by atoms with Gasteiger partial charge in [0.1, 0.15) is 5.41 Å². The number of amides is 1. The van der Waals surface area contributed by atoms with Gasteiger partial charge in [0.15, 0.2) is 0 Å². The minimum atomic E-state index is -0.881. The zero-order valence-corrected chi connectivity index (χ0v) is 9.96. The van der Waals surface area contributed by atoms with Crippen LogP contribution in [0.4, 0.5) is 0 Å². The Morgan fingerprint density at radius 1 is 1.53 bits per heavy atom. The van der Waals surface area contributed by atoms with Crippen LogP contribution in [0, 0.1) is 16.7 Å². The van der Waals surface area contributed by atoms with Gasteiger partial charge in [-0.1, -0.05) is 13.8 Å². The van der Waals surface area contributed by atoms with Crippen LogP contribution in [0.15, 0.2) is 0 Å². The van der Waals surface area contributed by atoms with Crippen molar-refractivity contribution in [2.75, 3.05) is 13.7 Å².